The Morgan fingerprint density at radius 1 is 1.15 bits per heavy atom. The molecule has 0 unspecified atom stereocenters. The molecule has 0 saturated heterocycles. The summed E-state index contributed by atoms with van der Waals surface area (Å²) in [6.45, 7) is 6.95. The minimum atomic E-state index is 0.385. The van der Waals surface area contributed by atoms with E-state index in [0.717, 1.165) is 18.8 Å². The van der Waals surface area contributed by atoms with Gasteiger partial charge in [-0.25, -0.2) is 10.4 Å². The fourth-order valence-electron chi connectivity index (χ4n) is 2.16. The second kappa shape index (κ2) is 4.06. The minimum absolute atomic E-state index is 0.385. The first kappa shape index (κ1) is 10.5. The van der Waals surface area contributed by atoms with Crippen molar-refractivity contribution in [3.05, 3.63) is 0 Å². The van der Waals surface area contributed by atoms with Gasteiger partial charge in [0.1, 0.15) is 0 Å². The van der Waals surface area contributed by atoms with Gasteiger partial charge in [-0.05, 0) is 37.0 Å². The summed E-state index contributed by atoms with van der Waals surface area (Å²) in [5, 5.41) is 6.80. The van der Waals surface area contributed by atoms with Crippen molar-refractivity contribution < 1.29 is 0 Å². The van der Waals surface area contributed by atoms with Crippen molar-refractivity contribution >= 4 is 6.01 Å². The lowest BCUT2D eigenvalue weighted by Crippen LogP contribution is -2.27. The molecule has 13 heavy (non-hydrogen) atoms. The van der Waals surface area contributed by atoms with Crippen molar-refractivity contribution in [3.63, 3.8) is 0 Å². The quantitative estimate of drug-likeness (QED) is 0.601. The molecule has 1 rings (SSSR count). The molecular weight excluding hydrogens is 160 g/mol. The van der Waals surface area contributed by atoms with Crippen LogP contribution < -0.4 is 0 Å². The van der Waals surface area contributed by atoms with Crippen LogP contribution in [0.2, 0.25) is 0 Å². The Hall–Kier alpha value is -0.620. The first-order chi connectivity index (χ1) is 6.04. The van der Waals surface area contributed by atoms with E-state index in [2.05, 4.69) is 31.8 Å². The highest BCUT2D eigenvalue weighted by atomic mass is 14.8. The van der Waals surface area contributed by atoms with Crippen LogP contribution in [0.15, 0.2) is 4.99 Å². The molecule has 1 N–H and O–H groups in total. The maximum atomic E-state index is 6.80. The smallest absolute Gasteiger partial charge is 0.0864 e. The largest absolute Gasteiger partial charge is 0.242 e. The lowest BCUT2D eigenvalue weighted by Gasteiger charge is -2.35. The molecule has 0 aromatic carbocycles. The molecule has 1 aliphatic carbocycles. The van der Waals surface area contributed by atoms with Gasteiger partial charge in [0.2, 0.25) is 0 Å². The van der Waals surface area contributed by atoms with Crippen molar-refractivity contribution in [2.45, 2.75) is 52.5 Å². The van der Waals surface area contributed by atoms with Crippen LogP contribution in [0.3, 0.4) is 0 Å². The predicted octanol–water partition coefficient (Wildman–Crippen LogP) is 3.34. The van der Waals surface area contributed by atoms with Crippen LogP contribution >= 0.6 is 0 Å². The molecule has 1 saturated carbocycles. The van der Waals surface area contributed by atoms with Gasteiger partial charge in [0.05, 0.1) is 12.1 Å². The van der Waals surface area contributed by atoms with E-state index >= 15 is 0 Å². The van der Waals surface area contributed by atoms with Gasteiger partial charge in [0, 0.05) is 0 Å². The van der Waals surface area contributed by atoms with E-state index < -0.39 is 0 Å². The Kier molecular flexibility index (Phi) is 3.27. The maximum absolute atomic E-state index is 6.80. The van der Waals surface area contributed by atoms with Crippen LogP contribution in [-0.4, -0.2) is 12.1 Å². The highest BCUT2D eigenvalue weighted by molar-refractivity contribution is 5.36. The molecule has 74 valence electrons. The fourth-order valence-corrected chi connectivity index (χ4v) is 2.16. The van der Waals surface area contributed by atoms with Gasteiger partial charge >= 0.3 is 0 Å². The molecule has 0 aromatic rings. The summed E-state index contributed by atoms with van der Waals surface area (Å²) in [6, 6.07) is 2.55. The third-order valence-electron chi connectivity index (χ3n) is 3.17. The van der Waals surface area contributed by atoms with Gasteiger partial charge in [0.25, 0.3) is 0 Å². The molecule has 1 aliphatic rings. The van der Waals surface area contributed by atoms with E-state index in [1.54, 1.807) is 0 Å². The summed E-state index contributed by atoms with van der Waals surface area (Å²) in [7, 11) is 0. The number of hydrogen-bond donors (Lipinski definition) is 1. The Labute approximate surface area is 81.0 Å². The van der Waals surface area contributed by atoms with Crippen LogP contribution in [-0.2, 0) is 0 Å². The summed E-state index contributed by atoms with van der Waals surface area (Å²) < 4.78 is 0. The van der Waals surface area contributed by atoms with Crippen LogP contribution in [0.25, 0.3) is 0 Å². The van der Waals surface area contributed by atoms with E-state index in [1.165, 1.54) is 12.8 Å². The Morgan fingerprint density at radius 3 is 2.08 bits per heavy atom. The number of hydrogen-bond acceptors (Lipinski definition) is 2. The van der Waals surface area contributed by atoms with Crippen LogP contribution in [0.1, 0.15) is 46.5 Å². The van der Waals surface area contributed by atoms with E-state index in [-0.39, 0.29) is 0 Å². The van der Waals surface area contributed by atoms with Gasteiger partial charge in [-0.15, -0.1) is 0 Å². The van der Waals surface area contributed by atoms with Crippen molar-refractivity contribution in [1.29, 1.82) is 5.41 Å². The van der Waals surface area contributed by atoms with Crippen molar-refractivity contribution in [2.24, 2.45) is 16.3 Å². The number of rotatable bonds is 1. The molecular formula is C11H20N2. The number of nitrogens with zero attached hydrogens (tertiary/aromatic N) is 1. The Morgan fingerprint density at radius 2 is 1.69 bits per heavy atom. The van der Waals surface area contributed by atoms with E-state index in [0.29, 0.717) is 11.5 Å². The van der Waals surface area contributed by atoms with E-state index in [1.807, 2.05) is 0 Å². The molecule has 0 bridgehead atoms. The second-order valence-corrected chi connectivity index (χ2v) is 5.11. The SMILES string of the molecule is CC(C)(C)C1CCC(N=C=N)CC1. The molecule has 0 aliphatic heterocycles. The van der Waals surface area contributed by atoms with Gasteiger partial charge < -0.3 is 0 Å². The van der Waals surface area contributed by atoms with Gasteiger partial charge in [-0.1, -0.05) is 20.8 Å². The average molecular weight is 180 g/mol. The van der Waals surface area contributed by atoms with Crippen molar-refractivity contribution in [2.75, 3.05) is 0 Å². The monoisotopic (exact) mass is 180 g/mol. The lowest BCUT2D eigenvalue weighted by molar-refractivity contribution is 0.170. The Balaban J connectivity index is 2.43. The first-order valence-corrected chi connectivity index (χ1v) is 5.15. The lowest BCUT2D eigenvalue weighted by atomic mass is 9.71. The minimum Gasteiger partial charge on any atom is -0.242 e. The van der Waals surface area contributed by atoms with Crippen molar-refractivity contribution in [1.82, 2.24) is 0 Å². The number of nitrogens with one attached hydrogen (secondary N) is 1. The molecule has 0 heterocycles. The topological polar surface area (TPSA) is 36.2 Å². The van der Waals surface area contributed by atoms with Crippen LogP contribution in [0, 0.1) is 16.7 Å². The molecule has 0 aromatic heterocycles. The molecule has 2 heteroatoms. The summed E-state index contributed by atoms with van der Waals surface area (Å²) in [5.74, 6) is 0.838. The van der Waals surface area contributed by atoms with Crippen LogP contribution in [0.4, 0.5) is 0 Å². The normalized spacial score (nSPS) is 29.5. The fraction of sp³-hybridized carbons (Fsp3) is 0.909. The molecule has 1 fully saturated rings. The average Bonchev–Trinajstić information content (AvgIpc) is 2.04. The van der Waals surface area contributed by atoms with E-state index in [4.69, 9.17) is 5.41 Å². The van der Waals surface area contributed by atoms with Gasteiger partial charge in [-0.2, -0.15) is 0 Å². The summed E-state index contributed by atoms with van der Waals surface area (Å²) >= 11 is 0. The first-order valence-electron chi connectivity index (χ1n) is 5.15. The van der Waals surface area contributed by atoms with Gasteiger partial charge in [-0.3, -0.25) is 0 Å². The van der Waals surface area contributed by atoms with Crippen LogP contribution in [0.5, 0.6) is 0 Å². The zero-order valence-corrected chi connectivity index (χ0v) is 8.93. The molecule has 0 radical (unpaired) electrons. The second-order valence-electron chi connectivity index (χ2n) is 5.11. The van der Waals surface area contributed by atoms with E-state index in [9.17, 15) is 0 Å². The maximum Gasteiger partial charge on any atom is 0.0864 e. The zero-order valence-electron chi connectivity index (χ0n) is 8.93. The van der Waals surface area contributed by atoms with Crippen molar-refractivity contribution in [3.8, 4) is 0 Å². The standard InChI is InChI=1S/C11H20N2/c1-11(2,3)9-4-6-10(7-5-9)13-8-12/h9-10,12H,4-7H2,1-3H3. The molecule has 0 spiro atoms. The predicted molar refractivity (Wildman–Crippen MR) is 55.4 cm³/mol. The molecule has 2 nitrogen and oxygen atoms in total. The summed E-state index contributed by atoms with van der Waals surface area (Å²) in [6.07, 6.45) is 4.82. The summed E-state index contributed by atoms with van der Waals surface area (Å²) in [5.41, 5.74) is 0.444. The third-order valence-corrected chi connectivity index (χ3v) is 3.17. The zero-order chi connectivity index (χ0) is 9.90. The highest BCUT2D eigenvalue weighted by Crippen LogP contribution is 2.38. The summed E-state index contributed by atoms with van der Waals surface area (Å²) in [4.78, 5) is 4.02. The molecule has 0 atom stereocenters. The Bertz CT molecular complexity index is 201. The molecule has 0 amide bonds. The number of aliphatic imine (C=N–C) groups is 1. The van der Waals surface area contributed by atoms with Gasteiger partial charge in [0.15, 0.2) is 0 Å². The highest BCUT2D eigenvalue weighted by Gasteiger charge is 2.29. The third kappa shape index (κ3) is 2.96.